The molecule has 1 unspecified atom stereocenters. The van der Waals surface area contributed by atoms with E-state index in [9.17, 15) is 9.59 Å². The first-order chi connectivity index (χ1) is 16.2. The summed E-state index contributed by atoms with van der Waals surface area (Å²) in [4.78, 5) is 28.0. The highest BCUT2D eigenvalue weighted by Crippen LogP contribution is 2.36. The van der Waals surface area contributed by atoms with Gasteiger partial charge in [0.1, 0.15) is 11.3 Å². The minimum atomic E-state index is -0.759. The molecule has 0 aliphatic carbocycles. The zero-order valence-corrected chi connectivity index (χ0v) is 18.2. The second-order valence-corrected chi connectivity index (χ2v) is 7.88. The largest absolute Gasteiger partial charge is 0.433 e. The summed E-state index contributed by atoms with van der Waals surface area (Å²) in [5.41, 5.74) is 3.81. The van der Waals surface area contributed by atoms with Crippen molar-refractivity contribution in [2.24, 2.45) is 0 Å². The van der Waals surface area contributed by atoms with Crippen LogP contribution in [0.25, 0.3) is 16.9 Å². The van der Waals surface area contributed by atoms with Crippen LogP contribution in [-0.2, 0) is 4.74 Å². The van der Waals surface area contributed by atoms with Crippen LogP contribution in [0.3, 0.4) is 0 Å². The first-order valence-corrected chi connectivity index (χ1v) is 11.0. The van der Waals surface area contributed by atoms with E-state index in [4.69, 9.17) is 9.84 Å². The van der Waals surface area contributed by atoms with E-state index in [1.807, 2.05) is 85.8 Å². The number of ether oxygens (including phenoxy) is 1. The van der Waals surface area contributed by atoms with Gasteiger partial charge in [0, 0.05) is 29.4 Å². The van der Waals surface area contributed by atoms with Crippen LogP contribution in [0.15, 0.2) is 91.1 Å². The maximum atomic E-state index is 13.5. The molecule has 0 N–H and O–H groups in total. The number of aromatic nitrogens is 2. The summed E-state index contributed by atoms with van der Waals surface area (Å²) < 4.78 is 7.66. The van der Waals surface area contributed by atoms with Crippen molar-refractivity contribution in [2.45, 2.75) is 19.6 Å². The zero-order valence-electron chi connectivity index (χ0n) is 18.2. The van der Waals surface area contributed by atoms with Crippen LogP contribution in [0.2, 0.25) is 0 Å². The summed E-state index contributed by atoms with van der Waals surface area (Å²) >= 11 is 0. The summed E-state index contributed by atoms with van der Waals surface area (Å²) in [6.45, 7) is 2.49. The number of carbonyl (C=O) groups excluding carboxylic acids is 2. The summed E-state index contributed by atoms with van der Waals surface area (Å²) in [7, 11) is 0. The molecule has 1 aromatic heterocycles. The number of nitrogens with zero attached hydrogens (tertiary/aromatic N) is 3. The van der Waals surface area contributed by atoms with Crippen molar-refractivity contribution in [1.82, 2.24) is 14.7 Å². The lowest BCUT2D eigenvalue weighted by Crippen LogP contribution is -2.31. The van der Waals surface area contributed by atoms with Gasteiger partial charge in [-0.25, -0.2) is 9.48 Å². The molecular weight excluding hydrogens is 414 g/mol. The maximum Gasteiger partial charge on any atom is 0.344 e. The van der Waals surface area contributed by atoms with E-state index in [1.54, 1.807) is 21.8 Å². The van der Waals surface area contributed by atoms with Crippen molar-refractivity contribution in [3.8, 4) is 16.9 Å². The van der Waals surface area contributed by atoms with Crippen LogP contribution in [0, 0.1) is 0 Å². The summed E-state index contributed by atoms with van der Waals surface area (Å²) in [6, 6.07) is 26.4. The molecule has 164 valence electrons. The number of benzene rings is 3. The Morgan fingerprint density at radius 2 is 1.61 bits per heavy atom. The maximum absolute atomic E-state index is 13.5. The van der Waals surface area contributed by atoms with E-state index in [0.29, 0.717) is 28.9 Å². The Labute approximate surface area is 192 Å². The summed E-state index contributed by atoms with van der Waals surface area (Å²) in [5, 5.41) is 4.70. The number of hydrogen-bond donors (Lipinski definition) is 0. The predicted octanol–water partition coefficient (Wildman–Crippen LogP) is 5.26. The normalized spacial score (nSPS) is 14.9. The highest BCUT2D eigenvalue weighted by molar-refractivity contribution is 6.00. The molecule has 5 rings (SSSR count). The minimum absolute atomic E-state index is 0.117. The number of para-hydroxylation sites is 1. The SMILES string of the molecule is CCCN1C(=O)c2ccccc2C1OC(=O)c1cn(-c2ccccc2)nc1-c1ccccc1. The van der Waals surface area contributed by atoms with E-state index >= 15 is 0 Å². The van der Waals surface area contributed by atoms with Gasteiger partial charge in [-0.3, -0.25) is 9.69 Å². The average Bonchev–Trinajstić information content (AvgIpc) is 3.42. The van der Waals surface area contributed by atoms with E-state index < -0.39 is 12.2 Å². The fourth-order valence-electron chi connectivity index (χ4n) is 4.13. The highest BCUT2D eigenvalue weighted by Gasteiger charge is 2.39. The van der Waals surface area contributed by atoms with E-state index in [2.05, 4.69) is 0 Å². The fraction of sp³-hybridized carbons (Fsp3) is 0.148. The van der Waals surface area contributed by atoms with Gasteiger partial charge < -0.3 is 4.74 Å². The molecule has 3 aromatic carbocycles. The van der Waals surface area contributed by atoms with Gasteiger partial charge in [-0.1, -0.05) is 73.7 Å². The van der Waals surface area contributed by atoms with Gasteiger partial charge in [-0.15, -0.1) is 0 Å². The van der Waals surface area contributed by atoms with Crippen LogP contribution in [0.1, 0.15) is 45.9 Å². The molecule has 2 heterocycles. The molecule has 6 heteroatoms. The molecule has 1 amide bonds. The Morgan fingerprint density at radius 3 is 2.33 bits per heavy atom. The molecule has 0 saturated carbocycles. The topological polar surface area (TPSA) is 64.4 Å². The molecule has 33 heavy (non-hydrogen) atoms. The lowest BCUT2D eigenvalue weighted by atomic mass is 10.1. The first kappa shape index (κ1) is 20.7. The Hall–Kier alpha value is -4.19. The first-order valence-electron chi connectivity index (χ1n) is 11.0. The van der Waals surface area contributed by atoms with Gasteiger partial charge in [0.25, 0.3) is 5.91 Å². The zero-order chi connectivity index (χ0) is 22.8. The fourth-order valence-corrected chi connectivity index (χ4v) is 4.13. The number of hydrogen-bond acceptors (Lipinski definition) is 4. The highest BCUT2D eigenvalue weighted by atomic mass is 16.6. The second kappa shape index (κ2) is 8.74. The Bertz CT molecular complexity index is 1300. The van der Waals surface area contributed by atoms with Gasteiger partial charge in [-0.2, -0.15) is 5.10 Å². The van der Waals surface area contributed by atoms with Gasteiger partial charge in [0.05, 0.1) is 5.69 Å². The van der Waals surface area contributed by atoms with Gasteiger partial charge in [-0.05, 0) is 24.6 Å². The molecule has 0 radical (unpaired) electrons. The monoisotopic (exact) mass is 437 g/mol. The third kappa shape index (κ3) is 3.80. The quantitative estimate of drug-likeness (QED) is 0.386. The molecule has 4 aromatic rings. The second-order valence-electron chi connectivity index (χ2n) is 7.88. The van der Waals surface area contributed by atoms with E-state index in [0.717, 1.165) is 17.7 Å². The molecule has 1 aliphatic rings. The third-order valence-corrected chi connectivity index (χ3v) is 5.69. The van der Waals surface area contributed by atoms with Crippen molar-refractivity contribution < 1.29 is 14.3 Å². The van der Waals surface area contributed by atoms with Crippen molar-refractivity contribution in [2.75, 3.05) is 6.54 Å². The van der Waals surface area contributed by atoms with Crippen LogP contribution < -0.4 is 0 Å². The lowest BCUT2D eigenvalue weighted by Gasteiger charge is -2.24. The third-order valence-electron chi connectivity index (χ3n) is 5.69. The number of amides is 1. The van der Waals surface area contributed by atoms with Crippen molar-refractivity contribution >= 4 is 11.9 Å². The Morgan fingerprint density at radius 1 is 0.939 bits per heavy atom. The van der Waals surface area contributed by atoms with Crippen LogP contribution in [0.5, 0.6) is 0 Å². The molecular formula is C27H23N3O3. The van der Waals surface area contributed by atoms with Gasteiger partial charge in [0.15, 0.2) is 0 Å². The predicted molar refractivity (Wildman–Crippen MR) is 125 cm³/mol. The van der Waals surface area contributed by atoms with Gasteiger partial charge >= 0.3 is 5.97 Å². The number of esters is 1. The van der Waals surface area contributed by atoms with E-state index in [-0.39, 0.29) is 5.91 Å². The standard InChI is InChI=1S/C27H23N3O3/c1-2-17-29-25(31)21-15-9-10-16-22(21)26(29)33-27(32)23-18-30(20-13-7-4-8-14-20)28-24(23)19-11-5-3-6-12-19/h3-16,18,26H,2,17H2,1H3. The van der Waals surface area contributed by atoms with Crippen molar-refractivity contribution in [3.05, 3.63) is 108 Å². The lowest BCUT2D eigenvalue weighted by molar-refractivity contribution is -0.0184. The molecule has 0 saturated heterocycles. The molecule has 0 fully saturated rings. The van der Waals surface area contributed by atoms with Crippen LogP contribution >= 0.6 is 0 Å². The Kier molecular flexibility index (Phi) is 5.48. The molecule has 1 aliphatic heterocycles. The van der Waals surface area contributed by atoms with Crippen LogP contribution in [0.4, 0.5) is 0 Å². The van der Waals surface area contributed by atoms with Crippen molar-refractivity contribution in [1.29, 1.82) is 0 Å². The number of rotatable bonds is 6. The smallest absolute Gasteiger partial charge is 0.344 e. The Balaban J connectivity index is 1.54. The average molecular weight is 437 g/mol. The van der Waals surface area contributed by atoms with Gasteiger partial charge in [0.2, 0.25) is 6.23 Å². The van der Waals surface area contributed by atoms with Crippen molar-refractivity contribution in [3.63, 3.8) is 0 Å². The molecule has 6 nitrogen and oxygen atoms in total. The molecule has 1 atom stereocenters. The summed E-state index contributed by atoms with van der Waals surface area (Å²) in [6.07, 6.45) is 1.69. The molecule has 0 bridgehead atoms. The summed E-state index contributed by atoms with van der Waals surface area (Å²) in [5.74, 6) is -0.639. The van der Waals surface area contributed by atoms with E-state index in [1.165, 1.54) is 0 Å². The van der Waals surface area contributed by atoms with Crippen LogP contribution in [-0.4, -0.2) is 33.1 Å². The minimum Gasteiger partial charge on any atom is -0.433 e. The molecule has 0 spiro atoms. The number of fused-ring (bicyclic) bond motifs is 1. The number of carbonyl (C=O) groups is 2.